The quantitative estimate of drug-likeness (QED) is 0.0431. The molecule has 6 aromatic rings. The summed E-state index contributed by atoms with van der Waals surface area (Å²) in [6.45, 7) is 9.00. The summed E-state index contributed by atoms with van der Waals surface area (Å²) in [5, 5.41) is 9.03. The van der Waals surface area contributed by atoms with Gasteiger partial charge in [0.2, 0.25) is 0 Å². The molecular weight excluding hydrogens is 751 g/mol. The SMILES string of the molecule is [C-]#[O+].[C-]#[O+].[CH3-].[Mn].c1ccc(P(CCP(CCP(c2ccccc2)c2ccccc2)CCP(c2ccccc2)c2ccccc2)c2ccccc2)cc1. The van der Waals surface area contributed by atoms with E-state index < -0.39 is 0 Å². The average molecular weight is 797 g/mol. The molecule has 0 fully saturated rings. The van der Waals surface area contributed by atoms with E-state index in [9.17, 15) is 0 Å². The largest absolute Gasteiger partial charge is 0.358 e. The number of benzene rings is 6. The summed E-state index contributed by atoms with van der Waals surface area (Å²) in [4.78, 5) is 0. The van der Waals surface area contributed by atoms with Crippen molar-refractivity contribution in [3.05, 3.63) is 203 Å². The van der Waals surface area contributed by atoms with Crippen LogP contribution >= 0.6 is 31.7 Å². The van der Waals surface area contributed by atoms with E-state index in [0.717, 1.165) is 0 Å². The molecule has 0 heterocycles. The smallest absolute Gasteiger partial charge is 0 e. The molecule has 6 aromatic carbocycles. The van der Waals surface area contributed by atoms with Crippen LogP contribution in [0.3, 0.4) is 0 Å². The van der Waals surface area contributed by atoms with Crippen molar-refractivity contribution in [1.82, 2.24) is 0 Å². The Bertz CT molecular complexity index is 1460. The monoisotopic (exact) mass is 796 g/mol. The van der Waals surface area contributed by atoms with Crippen LogP contribution in [0.25, 0.3) is 0 Å². The first-order chi connectivity index (χ1) is 24.8. The molecule has 6 rings (SSSR count). The third-order valence-electron chi connectivity index (χ3n) is 8.33. The second kappa shape index (κ2) is 26.7. The van der Waals surface area contributed by atoms with E-state index in [-0.39, 0.29) is 56.2 Å². The number of hydrogen-bond donors (Lipinski definition) is 0. The minimum Gasteiger partial charge on any atom is -0.358 e. The fourth-order valence-corrected chi connectivity index (χ4v) is 18.0. The summed E-state index contributed by atoms with van der Waals surface area (Å²) in [6.07, 6.45) is 7.76. The summed E-state index contributed by atoms with van der Waals surface area (Å²) < 4.78 is 15.0. The molecule has 0 atom stereocenters. The molecular formula is C45H45MnO2P4-. The number of rotatable bonds is 15. The summed E-state index contributed by atoms with van der Waals surface area (Å²) in [7, 11) is -1.30. The molecule has 0 unspecified atom stereocenters. The first kappa shape index (κ1) is 45.2. The number of hydrogen-bond acceptors (Lipinski definition) is 0. The van der Waals surface area contributed by atoms with E-state index in [1.165, 1.54) is 68.8 Å². The van der Waals surface area contributed by atoms with Crippen LogP contribution < -0.4 is 31.8 Å². The molecule has 0 amide bonds. The molecule has 0 aliphatic rings. The maximum Gasteiger partial charge on any atom is 0 e. The van der Waals surface area contributed by atoms with Crippen LogP contribution in [0.15, 0.2) is 182 Å². The maximum absolute atomic E-state index is 7.50. The van der Waals surface area contributed by atoms with Gasteiger partial charge in [0.05, 0.1) is 0 Å². The normalized spacial score (nSPS) is 10.2. The molecule has 0 spiro atoms. The summed E-state index contributed by atoms with van der Waals surface area (Å²) in [6, 6.07) is 67.8. The van der Waals surface area contributed by atoms with Crippen LogP contribution in [0.4, 0.5) is 0 Å². The Morgan fingerprint density at radius 2 is 0.442 bits per heavy atom. The zero-order valence-electron chi connectivity index (χ0n) is 29.5. The molecule has 0 saturated heterocycles. The van der Waals surface area contributed by atoms with Gasteiger partial charge < -0.3 is 7.43 Å². The molecule has 52 heavy (non-hydrogen) atoms. The topological polar surface area (TPSA) is 39.8 Å². The molecule has 1 radical (unpaired) electrons. The van der Waals surface area contributed by atoms with E-state index in [1.54, 1.807) is 0 Å². The predicted octanol–water partition coefficient (Wildman–Crippen LogP) is 9.24. The maximum atomic E-state index is 7.50. The van der Waals surface area contributed by atoms with Gasteiger partial charge in [-0.05, 0) is 92.6 Å². The third kappa shape index (κ3) is 14.1. The summed E-state index contributed by atoms with van der Waals surface area (Å²) in [5.74, 6) is 0. The van der Waals surface area contributed by atoms with Crippen molar-refractivity contribution >= 4 is 63.5 Å². The molecule has 7 heteroatoms. The van der Waals surface area contributed by atoms with Gasteiger partial charge in [-0.15, -0.1) is 7.92 Å². The molecule has 2 nitrogen and oxygen atoms in total. The Balaban J connectivity index is 0.00000151. The second-order valence-electron chi connectivity index (χ2n) is 11.3. The van der Waals surface area contributed by atoms with Gasteiger partial charge in [0.1, 0.15) is 0 Å². The Hall–Kier alpha value is -2.96. The molecule has 0 aliphatic carbocycles. The third-order valence-corrected chi connectivity index (χ3v) is 19.5. The molecule has 0 aromatic heterocycles. The van der Waals surface area contributed by atoms with Crippen molar-refractivity contribution in [2.75, 3.05) is 37.0 Å². The van der Waals surface area contributed by atoms with E-state index >= 15 is 0 Å². The Morgan fingerprint density at radius 3 is 0.596 bits per heavy atom. The molecule has 0 aliphatic heterocycles. The van der Waals surface area contributed by atoms with Gasteiger partial charge in [0.25, 0.3) is 0 Å². The van der Waals surface area contributed by atoms with Crippen molar-refractivity contribution in [1.29, 1.82) is 0 Å². The van der Waals surface area contributed by atoms with Gasteiger partial charge in [0.15, 0.2) is 0 Å². The van der Waals surface area contributed by atoms with Gasteiger partial charge in [-0.1, -0.05) is 182 Å². The van der Waals surface area contributed by atoms with E-state index in [0.29, 0.717) is 0 Å². The van der Waals surface area contributed by atoms with Crippen LogP contribution in [0.1, 0.15) is 0 Å². The van der Waals surface area contributed by atoms with Crippen LogP contribution in [-0.2, 0) is 26.4 Å². The standard InChI is InChI=1S/C42H42P4.2CO.CH3.Mn/c1-7-19-37(20-8-1)44(38-21-9-2-10-22-38)34-31-43(32-35-45(39-23-11-3-12-24-39)40-25-13-4-14-26-40)33-36-46(41-27-15-5-16-28-41)42-29-17-6-18-30-42;2*1-2;;/h1-30H,31-36H2;;;1H3;/q;;;-1;. The van der Waals surface area contributed by atoms with Crippen molar-refractivity contribution in [2.24, 2.45) is 0 Å². The minimum absolute atomic E-state index is 0. The van der Waals surface area contributed by atoms with Gasteiger partial charge in [-0.2, -0.15) is 0 Å². The molecule has 265 valence electrons. The van der Waals surface area contributed by atoms with Crippen LogP contribution in [0.2, 0.25) is 0 Å². The molecule has 0 N–H and O–H groups in total. The Labute approximate surface area is 327 Å². The van der Waals surface area contributed by atoms with Crippen LogP contribution in [0, 0.1) is 20.7 Å². The first-order valence-electron chi connectivity index (χ1n) is 16.6. The summed E-state index contributed by atoms with van der Waals surface area (Å²) >= 11 is 0. The Morgan fingerprint density at radius 1 is 0.288 bits per heavy atom. The van der Waals surface area contributed by atoms with Crippen molar-refractivity contribution in [3.63, 3.8) is 0 Å². The Kier molecular flexibility index (Phi) is 23.2. The molecule has 0 saturated carbocycles. The van der Waals surface area contributed by atoms with Gasteiger partial charge in [-0.3, -0.25) is 0 Å². The fraction of sp³-hybridized carbons (Fsp3) is 0.133. The predicted molar refractivity (Wildman–Crippen MR) is 228 cm³/mol. The zero-order valence-corrected chi connectivity index (χ0v) is 34.3. The van der Waals surface area contributed by atoms with Crippen molar-refractivity contribution in [3.8, 4) is 0 Å². The minimum atomic E-state index is -0.384. The van der Waals surface area contributed by atoms with Gasteiger partial charge >= 0.3 is 22.6 Å². The fourth-order valence-electron chi connectivity index (χ4n) is 5.93. The van der Waals surface area contributed by atoms with E-state index in [1.807, 2.05) is 0 Å². The average Bonchev–Trinajstić information content (AvgIpc) is 3.22. The summed E-state index contributed by atoms with van der Waals surface area (Å²) in [5.41, 5.74) is 0. The molecule has 0 bridgehead atoms. The van der Waals surface area contributed by atoms with Gasteiger partial charge in [0, 0.05) is 17.1 Å². The van der Waals surface area contributed by atoms with Gasteiger partial charge in [-0.25, -0.2) is 0 Å². The second-order valence-corrected chi connectivity index (χ2v) is 21.0. The first-order valence-corrected chi connectivity index (χ1v) is 23.1. The van der Waals surface area contributed by atoms with Crippen molar-refractivity contribution in [2.45, 2.75) is 0 Å². The van der Waals surface area contributed by atoms with E-state index in [4.69, 9.17) is 9.30 Å². The zero-order chi connectivity index (χ0) is 35.2. The van der Waals surface area contributed by atoms with E-state index in [2.05, 4.69) is 195 Å². The van der Waals surface area contributed by atoms with Crippen LogP contribution in [-0.4, -0.2) is 37.0 Å². The van der Waals surface area contributed by atoms with Crippen LogP contribution in [0.5, 0.6) is 0 Å². The van der Waals surface area contributed by atoms with Crippen molar-refractivity contribution < 1.29 is 26.4 Å².